The van der Waals surface area contributed by atoms with Gasteiger partial charge in [-0.2, -0.15) is 0 Å². The van der Waals surface area contributed by atoms with Crippen molar-refractivity contribution in [3.8, 4) is 0 Å². The van der Waals surface area contributed by atoms with Gasteiger partial charge in [-0.1, -0.05) is 37.6 Å². The van der Waals surface area contributed by atoms with E-state index in [0.29, 0.717) is 0 Å². The Hall–Kier alpha value is -1.84. The summed E-state index contributed by atoms with van der Waals surface area (Å²) in [6, 6.07) is 6.00. The van der Waals surface area contributed by atoms with Crippen LogP contribution < -0.4 is 5.32 Å². The highest BCUT2D eigenvalue weighted by Crippen LogP contribution is 2.58. The number of carboxylic acids is 1. The lowest BCUT2D eigenvalue weighted by atomic mass is 10.00. The Balaban J connectivity index is 2.08. The van der Waals surface area contributed by atoms with Crippen LogP contribution in [0.3, 0.4) is 0 Å². The van der Waals surface area contributed by atoms with Crippen molar-refractivity contribution in [2.45, 2.75) is 40.7 Å². The summed E-state index contributed by atoms with van der Waals surface area (Å²) in [7, 11) is 0. The molecule has 4 nitrogen and oxygen atoms in total. The van der Waals surface area contributed by atoms with E-state index >= 15 is 0 Å². The van der Waals surface area contributed by atoms with Crippen LogP contribution in [0.4, 0.5) is 0 Å². The summed E-state index contributed by atoms with van der Waals surface area (Å²) in [4.78, 5) is 23.5. The van der Waals surface area contributed by atoms with Crippen LogP contribution in [-0.2, 0) is 9.59 Å². The minimum absolute atomic E-state index is 0.121. The fourth-order valence-electron chi connectivity index (χ4n) is 3.28. The van der Waals surface area contributed by atoms with Crippen molar-refractivity contribution in [3.63, 3.8) is 0 Å². The topological polar surface area (TPSA) is 66.4 Å². The predicted molar refractivity (Wildman–Crippen MR) is 80.9 cm³/mol. The van der Waals surface area contributed by atoms with Crippen LogP contribution in [-0.4, -0.2) is 17.0 Å². The number of rotatable bonds is 4. The van der Waals surface area contributed by atoms with Gasteiger partial charge in [0.1, 0.15) is 0 Å². The molecule has 2 N–H and O–H groups in total. The molecule has 1 aromatic carbocycles. The number of aliphatic carboxylic acids is 1. The smallest absolute Gasteiger partial charge is 0.307 e. The molecule has 2 rings (SSSR count). The van der Waals surface area contributed by atoms with Gasteiger partial charge < -0.3 is 10.4 Å². The number of carboxylic acid groups (broad SMARTS) is 1. The van der Waals surface area contributed by atoms with Gasteiger partial charge in [0.15, 0.2) is 0 Å². The van der Waals surface area contributed by atoms with E-state index in [0.717, 1.165) is 11.1 Å². The standard InChI is InChI=1S/C17H23NO3/c1-9-6-7-12(10(2)8-9)11(3)18-15(19)13-14(16(20)21)17(13,4)5/h6-8,11,13-14H,1-5H3,(H,18,19)(H,20,21)/t11?,13-,14+/m1/s1. The van der Waals surface area contributed by atoms with Gasteiger partial charge >= 0.3 is 5.97 Å². The zero-order valence-corrected chi connectivity index (χ0v) is 13.2. The van der Waals surface area contributed by atoms with Crippen molar-refractivity contribution in [1.29, 1.82) is 0 Å². The van der Waals surface area contributed by atoms with E-state index in [9.17, 15) is 9.59 Å². The summed E-state index contributed by atoms with van der Waals surface area (Å²) in [6.45, 7) is 9.65. The summed E-state index contributed by atoms with van der Waals surface area (Å²) in [6.07, 6.45) is 0. The first-order chi connectivity index (χ1) is 9.66. The molecule has 1 unspecified atom stereocenters. The molecule has 1 aromatic rings. The number of carbonyl (C=O) groups excluding carboxylic acids is 1. The molecular weight excluding hydrogens is 266 g/mol. The zero-order valence-electron chi connectivity index (χ0n) is 13.2. The number of amides is 1. The van der Waals surface area contributed by atoms with Crippen molar-refractivity contribution in [1.82, 2.24) is 5.32 Å². The number of benzene rings is 1. The van der Waals surface area contributed by atoms with Crippen LogP contribution in [0.25, 0.3) is 0 Å². The van der Waals surface area contributed by atoms with Crippen molar-refractivity contribution in [2.75, 3.05) is 0 Å². The minimum Gasteiger partial charge on any atom is -0.481 e. The Morgan fingerprint density at radius 3 is 2.33 bits per heavy atom. The molecule has 0 spiro atoms. The van der Waals surface area contributed by atoms with Crippen molar-refractivity contribution < 1.29 is 14.7 Å². The highest BCUT2D eigenvalue weighted by atomic mass is 16.4. The van der Waals surface area contributed by atoms with E-state index in [1.54, 1.807) is 0 Å². The van der Waals surface area contributed by atoms with Crippen LogP contribution in [0.1, 0.15) is 43.5 Å². The Morgan fingerprint density at radius 1 is 1.24 bits per heavy atom. The summed E-state index contributed by atoms with van der Waals surface area (Å²) in [5.41, 5.74) is 2.92. The molecule has 0 heterocycles. The summed E-state index contributed by atoms with van der Waals surface area (Å²) in [5, 5.41) is 12.1. The van der Waals surface area contributed by atoms with Gasteiger partial charge in [0.2, 0.25) is 5.91 Å². The Labute approximate surface area is 125 Å². The normalized spacial score (nSPS) is 24.2. The molecule has 0 bridgehead atoms. The second-order valence-corrected chi connectivity index (χ2v) is 6.71. The Morgan fingerprint density at radius 2 is 1.86 bits per heavy atom. The van der Waals surface area contributed by atoms with Gasteiger partial charge in [-0.3, -0.25) is 9.59 Å². The lowest BCUT2D eigenvalue weighted by Crippen LogP contribution is -2.30. The van der Waals surface area contributed by atoms with Crippen LogP contribution in [0.5, 0.6) is 0 Å². The van der Waals surface area contributed by atoms with Crippen LogP contribution in [0.2, 0.25) is 0 Å². The van der Waals surface area contributed by atoms with Gasteiger partial charge in [-0.15, -0.1) is 0 Å². The second-order valence-electron chi connectivity index (χ2n) is 6.71. The molecule has 1 saturated carbocycles. The van der Waals surface area contributed by atoms with E-state index in [-0.39, 0.29) is 11.9 Å². The Kier molecular flexibility index (Phi) is 3.83. The molecule has 1 aliphatic carbocycles. The SMILES string of the molecule is Cc1ccc(C(C)NC(=O)[C@H]2[C@@H](C(=O)O)C2(C)C)c(C)c1. The van der Waals surface area contributed by atoms with Crippen molar-refractivity contribution in [2.24, 2.45) is 17.3 Å². The van der Waals surface area contributed by atoms with E-state index in [4.69, 9.17) is 5.11 Å². The fraction of sp³-hybridized carbons (Fsp3) is 0.529. The van der Waals surface area contributed by atoms with E-state index in [2.05, 4.69) is 11.4 Å². The lowest BCUT2D eigenvalue weighted by molar-refractivity contribution is -0.140. The molecule has 1 aliphatic rings. The van der Waals surface area contributed by atoms with Crippen LogP contribution >= 0.6 is 0 Å². The number of carbonyl (C=O) groups is 2. The molecule has 1 amide bonds. The molecule has 114 valence electrons. The van der Waals surface area contributed by atoms with Crippen LogP contribution in [0, 0.1) is 31.1 Å². The summed E-state index contributed by atoms with van der Waals surface area (Å²) < 4.78 is 0. The van der Waals surface area contributed by atoms with Gasteiger partial charge in [0, 0.05) is 0 Å². The maximum absolute atomic E-state index is 12.3. The first-order valence-corrected chi connectivity index (χ1v) is 7.26. The maximum atomic E-state index is 12.3. The molecule has 1 fully saturated rings. The zero-order chi connectivity index (χ0) is 15.9. The van der Waals surface area contributed by atoms with Crippen molar-refractivity contribution in [3.05, 3.63) is 34.9 Å². The molecule has 3 atom stereocenters. The highest BCUT2D eigenvalue weighted by Gasteiger charge is 2.65. The predicted octanol–water partition coefficient (Wildman–Crippen LogP) is 2.84. The maximum Gasteiger partial charge on any atom is 0.307 e. The Bertz CT molecular complexity index is 592. The third-order valence-corrected chi connectivity index (χ3v) is 4.63. The van der Waals surface area contributed by atoms with E-state index < -0.39 is 23.2 Å². The minimum atomic E-state index is -0.890. The van der Waals surface area contributed by atoms with Gasteiger partial charge in [0.05, 0.1) is 17.9 Å². The molecule has 0 radical (unpaired) electrons. The third-order valence-electron chi connectivity index (χ3n) is 4.63. The third kappa shape index (κ3) is 2.80. The molecule has 0 aromatic heterocycles. The average Bonchev–Trinajstić information content (AvgIpc) is 2.92. The number of hydrogen-bond donors (Lipinski definition) is 2. The van der Waals surface area contributed by atoms with E-state index in [1.807, 2.05) is 46.8 Å². The van der Waals surface area contributed by atoms with Crippen LogP contribution in [0.15, 0.2) is 18.2 Å². The van der Waals surface area contributed by atoms with Gasteiger partial charge in [0.25, 0.3) is 0 Å². The second kappa shape index (κ2) is 5.17. The summed E-state index contributed by atoms with van der Waals surface area (Å²) >= 11 is 0. The van der Waals surface area contributed by atoms with Crippen molar-refractivity contribution >= 4 is 11.9 Å². The average molecular weight is 289 g/mol. The molecular formula is C17H23NO3. The lowest BCUT2D eigenvalue weighted by Gasteiger charge is -2.17. The first kappa shape index (κ1) is 15.5. The quantitative estimate of drug-likeness (QED) is 0.895. The number of hydrogen-bond acceptors (Lipinski definition) is 2. The van der Waals surface area contributed by atoms with Gasteiger partial charge in [-0.25, -0.2) is 0 Å². The molecule has 4 heteroatoms. The summed E-state index contributed by atoms with van der Waals surface area (Å²) in [5.74, 6) is -2.08. The monoisotopic (exact) mass is 289 g/mol. The highest BCUT2D eigenvalue weighted by molar-refractivity contribution is 5.91. The molecule has 21 heavy (non-hydrogen) atoms. The molecule has 0 saturated heterocycles. The first-order valence-electron chi connectivity index (χ1n) is 7.26. The van der Waals surface area contributed by atoms with Gasteiger partial charge in [-0.05, 0) is 37.3 Å². The number of nitrogens with one attached hydrogen (secondary N) is 1. The molecule has 0 aliphatic heterocycles. The van der Waals surface area contributed by atoms with E-state index in [1.165, 1.54) is 5.56 Å². The fourth-order valence-corrected chi connectivity index (χ4v) is 3.28. The largest absolute Gasteiger partial charge is 0.481 e. The number of aryl methyl sites for hydroxylation is 2.